The lowest BCUT2D eigenvalue weighted by Gasteiger charge is -2.43. The Hall–Kier alpha value is -1.67. The molecule has 0 saturated carbocycles. The summed E-state index contributed by atoms with van der Waals surface area (Å²) in [5, 5.41) is 3.11. The van der Waals surface area contributed by atoms with Gasteiger partial charge < -0.3 is 15.0 Å². The Bertz CT molecular complexity index is 705. The maximum absolute atomic E-state index is 13.8. The largest absolute Gasteiger partial charge is 0.468 e. The normalized spacial score (nSPS) is 24.4. The summed E-state index contributed by atoms with van der Waals surface area (Å²) >= 11 is 0. The van der Waals surface area contributed by atoms with E-state index in [4.69, 9.17) is 4.74 Å². The van der Waals surface area contributed by atoms with Crippen molar-refractivity contribution in [2.45, 2.75) is 97.3 Å². The van der Waals surface area contributed by atoms with Crippen LogP contribution in [0, 0.1) is 11.3 Å². The van der Waals surface area contributed by atoms with E-state index >= 15 is 0 Å². The number of esters is 1. The van der Waals surface area contributed by atoms with Crippen LogP contribution in [-0.4, -0.2) is 97.5 Å². The molecule has 0 aliphatic carbocycles. The Morgan fingerprint density at radius 1 is 1.03 bits per heavy atom. The summed E-state index contributed by atoms with van der Waals surface area (Å²) < 4.78 is 5.05. The number of hydrogen-bond acceptors (Lipinski definition) is 6. The molecular weight excluding hydrogens is 432 g/mol. The molecule has 2 aliphatic heterocycles. The van der Waals surface area contributed by atoms with Crippen LogP contribution < -0.4 is 5.32 Å². The maximum Gasteiger partial charge on any atom is 0.323 e. The SMILES string of the molecule is COC(=O)C1CCCCN1CC(C(C)C)N(C)C(=O)C(NC(=O)C1CCCCN1C)C(C)(C)C. The summed E-state index contributed by atoms with van der Waals surface area (Å²) in [6, 6.07) is -1.16. The molecule has 0 aromatic heterocycles. The Balaban J connectivity index is 2.19. The molecule has 2 fully saturated rings. The second-order valence-corrected chi connectivity index (χ2v) is 11.6. The Kier molecular flexibility index (Phi) is 10.4. The minimum atomic E-state index is -0.626. The van der Waals surface area contributed by atoms with Gasteiger partial charge in [-0.2, -0.15) is 0 Å². The van der Waals surface area contributed by atoms with Gasteiger partial charge in [0.25, 0.3) is 0 Å². The Morgan fingerprint density at radius 3 is 2.15 bits per heavy atom. The van der Waals surface area contributed by atoms with E-state index in [1.165, 1.54) is 7.11 Å². The van der Waals surface area contributed by atoms with Gasteiger partial charge in [-0.15, -0.1) is 0 Å². The number of piperidine rings is 2. The van der Waals surface area contributed by atoms with Gasteiger partial charge in [0.05, 0.1) is 13.2 Å². The van der Waals surface area contributed by atoms with Crippen molar-refractivity contribution in [1.82, 2.24) is 20.0 Å². The Morgan fingerprint density at radius 2 is 1.62 bits per heavy atom. The molecule has 4 unspecified atom stereocenters. The van der Waals surface area contributed by atoms with Gasteiger partial charge in [0.15, 0.2) is 0 Å². The highest BCUT2D eigenvalue weighted by molar-refractivity contribution is 5.90. The first kappa shape index (κ1) is 28.6. The molecule has 4 atom stereocenters. The summed E-state index contributed by atoms with van der Waals surface area (Å²) in [7, 11) is 5.25. The van der Waals surface area contributed by atoms with Crippen molar-refractivity contribution in [2.75, 3.05) is 40.8 Å². The fourth-order valence-electron chi connectivity index (χ4n) is 5.29. The number of ether oxygens (including phenoxy) is 1. The highest BCUT2D eigenvalue weighted by Crippen LogP contribution is 2.26. The fourth-order valence-corrected chi connectivity index (χ4v) is 5.29. The van der Waals surface area contributed by atoms with Crippen LogP contribution in [0.2, 0.25) is 0 Å². The van der Waals surface area contributed by atoms with Gasteiger partial charge in [-0.1, -0.05) is 47.5 Å². The zero-order valence-electron chi connectivity index (χ0n) is 22.7. The number of rotatable bonds is 8. The maximum atomic E-state index is 13.8. The first-order valence-corrected chi connectivity index (χ1v) is 13.0. The highest BCUT2D eigenvalue weighted by atomic mass is 16.5. The number of methoxy groups -OCH3 is 1. The zero-order valence-corrected chi connectivity index (χ0v) is 22.7. The van der Waals surface area contributed by atoms with Crippen LogP contribution in [0.4, 0.5) is 0 Å². The molecule has 34 heavy (non-hydrogen) atoms. The Labute approximate surface area is 206 Å². The van der Waals surface area contributed by atoms with Crippen LogP contribution in [-0.2, 0) is 19.1 Å². The monoisotopic (exact) mass is 480 g/mol. The molecule has 8 nitrogen and oxygen atoms in total. The molecule has 8 heteroatoms. The molecule has 0 spiro atoms. The highest BCUT2D eigenvalue weighted by Gasteiger charge is 2.40. The van der Waals surface area contributed by atoms with Crippen LogP contribution in [0.25, 0.3) is 0 Å². The number of amides is 2. The van der Waals surface area contributed by atoms with E-state index in [0.29, 0.717) is 6.54 Å². The van der Waals surface area contributed by atoms with Crippen LogP contribution in [0.1, 0.15) is 73.1 Å². The third kappa shape index (κ3) is 7.17. The predicted molar refractivity (Wildman–Crippen MR) is 134 cm³/mol. The second kappa shape index (κ2) is 12.3. The van der Waals surface area contributed by atoms with Crippen molar-refractivity contribution in [3.8, 4) is 0 Å². The van der Waals surface area contributed by atoms with Gasteiger partial charge in [-0.05, 0) is 57.2 Å². The van der Waals surface area contributed by atoms with Gasteiger partial charge in [-0.25, -0.2) is 0 Å². The number of nitrogens with one attached hydrogen (secondary N) is 1. The number of likely N-dealkylation sites (tertiary alicyclic amines) is 2. The fraction of sp³-hybridized carbons (Fsp3) is 0.885. The smallest absolute Gasteiger partial charge is 0.323 e. The first-order chi connectivity index (χ1) is 15.9. The van der Waals surface area contributed by atoms with Crippen LogP contribution in [0.3, 0.4) is 0 Å². The van der Waals surface area contributed by atoms with Crippen molar-refractivity contribution >= 4 is 17.8 Å². The minimum Gasteiger partial charge on any atom is -0.468 e. The molecule has 2 saturated heterocycles. The van der Waals surface area contributed by atoms with Crippen LogP contribution in [0.5, 0.6) is 0 Å². The molecule has 0 bridgehead atoms. The molecular formula is C26H48N4O4. The van der Waals surface area contributed by atoms with Crippen molar-refractivity contribution in [3.63, 3.8) is 0 Å². The van der Waals surface area contributed by atoms with Crippen molar-refractivity contribution in [2.24, 2.45) is 11.3 Å². The molecule has 2 rings (SSSR count). The van der Waals surface area contributed by atoms with E-state index in [9.17, 15) is 14.4 Å². The van der Waals surface area contributed by atoms with Crippen molar-refractivity contribution in [1.29, 1.82) is 0 Å². The number of nitrogens with zero attached hydrogens (tertiary/aromatic N) is 3. The van der Waals surface area contributed by atoms with Gasteiger partial charge in [0.2, 0.25) is 11.8 Å². The molecule has 2 aliphatic rings. The summed E-state index contributed by atoms with van der Waals surface area (Å²) in [4.78, 5) is 45.5. The molecule has 2 amide bonds. The third-order valence-electron chi connectivity index (χ3n) is 7.60. The predicted octanol–water partition coefficient (Wildman–Crippen LogP) is 2.51. The third-order valence-corrected chi connectivity index (χ3v) is 7.60. The lowest BCUT2D eigenvalue weighted by molar-refractivity contribution is -0.149. The first-order valence-electron chi connectivity index (χ1n) is 13.0. The molecule has 1 N–H and O–H groups in total. The summed E-state index contributed by atoms with van der Waals surface area (Å²) in [5.41, 5.74) is -0.435. The number of hydrogen-bond donors (Lipinski definition) is 1. The summed E-state index contributed by atoms with van der Waals surface area (Å²) in [6.45, 7) is 12.5. The van der Waals surface area contributed by atoms with Crippen LogP contribution >= 0.6 is 0 Å². The van der Waals surface area contributed by atoms with E-state index in [1.54, 1.807) is 4.90 Å². The van der Waals surface area contributed by atoms with Gasteiger partial charge in [-0.3, -0.25) is 24.2 Å². The van der Waals surface area contributed by atoms with E-state index in [1.807, 2.05) is 34.9 Å². The summed E-state index contributed by atoms with van der Waals surface area (Å²) in [6.07, 6.45) is 5.77. The lowest BCUT2D eigenvalue weighted by Crippen LogP contribution is -2.61. The number of likely N-dealkylation sites (N-methyl/N-ethyl adjacent to an activating group) is 2. The van der Waals surface area contributed by atoms with Crippen molar-refractivity contribution < 1.29 is 19.1 Å². The zero-order chi connectivity index (χ0) is 25.6. The van der Waals surface area contributed by atoms with E-state index in [-0.39, 0.29) is 41.8 Å². The molecule has 196 valence electrons. The van der Waals surface area contributed by atoms with Crippen molar-refractivity contribution in [3.05, 3.63) is 0 Å². The summed E-state index contributed by atoms with van der Waals surface area (Å²) in [5.74, 6) is -0.154. The van der Waals surface area contributed by atoms with Gasteiger partial charge >= 0.3 is 5.97 Å². The molecule has 0 aromatic carbocycles. The van der Waals surface area contributed by atoms with E-state index in [2.05, 4.69) is 29.0 Å². The number of carbonyl (C=O) groups is 3. The van der Waals surface area contributed by atoms with E-state index < -0.39 is 11.5 Å². The second-order valence-electron chi connectivity index (χ2n) is 11.6. The molecule has 0 radical (unpaired) electrons. The van der Waals surface area contributed by atoms with E-state index in [0.717, 1.165) is 51.6 Å². The topological polar surface area (TPSA) is 82.2 Å². The quantitative estimate of drug-likeness (QED) is 0.538. The average molecular weight is 481 g/mol. The molecule has 2 heterocycles. The minimum absolute atomic E-state index is 0.0632. The average Bonchev–Trinajstić information content (AvgIpc) is 2.79. The number of carbonyl (C=O) groups excluding carboxylic acids is 3. The van der Waals surface area contributed by atoms with Crippen LogP contribution in [0.15, 0.2) is 0 Å². The van der Waals surface area contributed by atoms with Gasteiger partial charge in [0.1, 0.15) is 12.1 Å². The lowest BCUT2D eigenvalue weighted by atomic mass is 9.84. The van der Waals surface area contributed by atoms with Gasteiger partial charge in [0, 0.05) is 19.6 Å². The standard InChI is InChI=1S/C26H48N4O4/c1-18(2)21(17-30-16-12-10-14-20(30)25(33)34-8)29(7)24(32)22(26(3,4)5)27-23(31)19-13-9-11-15-28(19)6/h18-22H,9-17H2,1-8H3,(H,27,31). The molecule has 0 aromatic rings.